The molecule has 1 unspecified atom stereocenters. The molecule has 4 nitrogen and oxygen atoms in total. The van der Waals surface area contributed by atoms with Crippen LogP contribution < -0.4 is 5.32 Å². The predicted octanol–water partition coefficient (Wildman–Crippen LogP) is 2.31. The average molecular weight is 322 g/mol. The minimum Gasteiger partial charge on any atom is -0.379 e. The molecule has 0 aliphatic carbocycles. The van der Waals surface area contributed by atoms with Crippen LogP contribution in [0.25, 0.3) is 0 Å². The minimum atomic E-state index is 0.111. The first-order valence-corrected chi connectivity index (χ1v) is 8.91. The highest BCUT2D eigenvalue weighted by molar-refractivity contribution is 8.00. The highest BCUT2D eigenvalue weighted by Crippen LogP contribution is 2.17. The Labute approximate surface area is 137 Å². The number of nitrogens with one attached hydrogen (secondary N) is 1. The van der Waals surface area contributed by atoms with Crippen LogP contribution in [0.5, 0.6) is 0 Å². The number of nitrogens with zero attached hydrogens (tertiary/aromatic N) is 1. The second-order valence-corrected chi connectivity index (χ2v) is 6.86. The van der Waals surface area contributed by atoms with Gasteiger partial charge in [0.2, 0.25) is 5.91 Å². The third-order valence-corrected chi connectivity index (χ3v) is 4.79. The zero-order valence-electron chi connectivity index (χ0n) is 13.5. The summed E-state index contributed by atoms with van der Waals surface area (Å²) in [5.41, 5.74) is 1.24. The molecular formula is C17H26N2O2S. The Hall–Kier alpha value is -1.04. The number of hydrogen-bond donors (Lipinski definition) is 1. The largest absolute Gasteiger partial charge is 0.379 e. The number of aryl methyl sites for hydroxylation is 1. The van der Waals surface area contributed by atoms with Crippen LogP contribution in [0.1, 0.15) is 18.9 Å². The van der Waals surface area contributed by atoms with Crippen LogP contribution in [-0.2, 0) is 9.53 Å². The maximum absolute atomic E-state index is 12.0. The van der Waals surface area contributed by atoms with Crippen molar-refractivity contribution >= 4 is 17.7 Å². The predicted molar refractivity (Wildman–Crippen MR) is 91.4 cm³/mol. The monoisotopic (exact) mass is 322 g/mol. The summed E-state index contributed by atoms with van der Waals surface area (Å²) in [5.74, 6) is 0.588. The number of benzene rings is 1. The molecule has 5 heteroatoms. The molecule has 1 aromatic rings. The van der Waals surface area contributed by atoms with Gasteiger partial charge in [0.25, 0.3) is 0 Å². The summed E-state index contributed by atoms with van der Waals surface area (Å²) in [6.45, 7) is 8.83. The molecule has 122 valence electrons. The van der Waals surface area contributed by atoms with Gasteiger partial charge in [-0.3, -0.25) is 9.69 Å². The molecule has 1 heterocycles. The van der Waals surface area contributed by atoms with E-state index in [9.17, 15) is 4.79 Å². The third kappa shape index (κ3) is 6.38. The number of carbonyl (C=O) groups excluding carboxylic acids is 1. The summed E-state index contributed by atoms with van der Waals surface area (Å²) in [4.78, 5) is 15.5. The number of hydrogen-bond acceptors (Lipinski definition) is 4. The summed E-state index contributed by atoms with van der Waals surface area (Å²) in [7, 11) is 0. The van der Waals surface area contributed by atoms with Gasteiger partial charge in [0.15, 0.2) is 0 Å². The zero-order valence-corrected chi connectivity index (χ0v) is 14.3. The summed E-state index contributed by atoms with van der Waals surface area (Å²) >= 11 is 1.59. The molecule has 1 aromatic carbocycles. The van der Waals surface area contributed by atoms with Gasteiger partial charge in [0.05, 0.1) is 19.0 Å². The van der Waals surface area contributed by atoms with Gasteiger partial charge in [-0.05, 0) is 32.4 Å². The van der Waals surface area contributed by atoms with Crippen molar-refractivity contribution < 1.29 is 9.53 Å². The zero-order chi connectivity index (χ0) is 15.8. The Morgan fingerprint density at radius 1 is 1.32 bits per heavy atom. The van der Waals surface area contributed by atoms with Crippen molar-refractivity contribution in [3.05, 3.63) is 29.8 Å². The molecule has 2 rings (SSSR count). The van der Waals surface area contributed by atoms with Crippen LogP contribution in [0, 0.1) is 6.92 Å². The fraction of sp³-hybridized carbons (Fsp3) is 0.588. The lowest BCUT2D eigenvalue weighted by Gasteiger charge is -2.27. The topological polar surface area (TPSA) is 41.6 Å². The third-order valence-electron chi connectivity index (χ3n) is 3.78. The molecule has 1 N–H and O–H groups in total. The van der Waals surface area contributed by atoms with Gasteiger partial charge in [-0.15, -0.1) is 11.8 Å². The molecule has 0 aromatic heterocycles. The van der Waals surface area contributed by atoms with Gasteiger partial charge >= 0.3 is 0 Å². The number of morpholine rings is 1. The van der Waals surface area contributed by atoms with Crippen molar-refractivity contribution in [3.8, 4) is 0 Å². The van der Waals surface area contributed by atoms with E-state index < -0.39 is 0 Å². The number of thioether (sulfide) groups is 1. The molecule has 22 heavy (non-hydrogen) atoms. The summed E-state index contributed by atoms with van der Waals surface area (Å²) in [6, 6.07) is 8.50. The molecule has 1 aliphatic heterocycles. The van der Waals surface area contributed by atoms with E-state index in [2.05, 4.69) is 48.3 Å². The maximum atomic E-state index is 12.0. The van der Waals surface area contributed by atoms with Crippen molar-refractivity contribution in [1.82, 2.24) is 10.2 Å². The molecule has 1 aliphatic rings. The lowest BCUT2D eigenvalue weighted by Crippen LogP contribution is -2.40. The fourth-order valence-electron chi connectivity index (χ4n) is 2.37. The van der Waals surface area contributed by atoms with E-state index >= 15 is 0 Å². The minimum absolute atomic E-state index is 0.111. The second-order valence-electron chi connectivity index (χ2n) is 5.81. The van der Waals surface area contributed by atoms with Crippen molar-refractivity contribution in [3.63, 3.8) is 0 Å². The summed E-state index contributed by atoms with van der Waals surface area (Å²) in [6.07, 6.45) is 0.987. The first kappa shape index (κ1) is 17.3. The van der Waals surface area contributed by atoms with Crippen LogP contribution in [0.4, 0.5) is 0 Å². The smallest absolute Gasteiger partial charge is 0.230 e. The number of ether oxygens (including phenoxy) is 1. The van der Waals surface area contributed by atoms with Gasteiger partial charge in [-0.2, -0.15) is 0 Å². The number of rotatable bonds is 7. The van der Waals surface area contributed by atoms with Gasteiger partial charge < -0.3 is 10.1 Å². The van der Waals surface area contributed by atoms with Crippen LogP contribution >= 0.6 is 11.8 Å². The van der Waals surface area contributed by atoms with Gasteiger partial charge in [-0.25, -0.2) is 0 Å². The highest BCUT2D eigenvalue weighted by atomic mass is 32.2. The van der Waals surface area contributed by atoms with Crippen molar-refractivity contribution in [1.29, 1.82) is 0 Å². The normalized spacial score (nSPS) is 17.2. The number of carbonyl (C=O) groups is 1. The molecular weight excluding hydrogens is 296 g/mol. The second kappa shape index (κ2) is 9.18. The van der Waals surface area contributed by atoms with E-state index in [0.717, 1.165) is 44.2 Å². The summed E-state index contributed by atoms with van der Waals surface area (Å²) in [5, 5.41) is 3.08. The highest BCUT2D eigenvalue weighted by Gasteiger charge is 2.13. The Morgan fingerprint density at radius 2 is 2.00 bits per heavy atom. The van der Waals surface area contributed by atoms with Crippen molar-refractivity contribution in [2.24, 2.45) is 0 Å². The van der Waals surface area contributed by atoms with Crippen molar-refractivity contribution in [2.45, 2.75) is 31.2 Å². The van der Waals surface area contributed by atoms with E-state index in [-0.39, 0.29) is 11.9 Å². The lowest BCUT2D eigenvalue weighted by molar-refractivity contribution is -0.119. The Morgan fingerprint density at radius 3 is 2.68 bits per heavy atom. The molecule has 0 radical (unpaired) electrons. The molecule has 1 saturated heterocycles. The SMILES string of the molecule is Cc1ccc(SCC(=O)NC(C)CCN2CCOCC2)cc1. The Bertz CT molecular complexity index is 458. The van der Waals surface area contributed by atoms with Crippen LogP contribution in [0.15, 0.2) is 29.2 Å². The average Bonchev–Trinajstić information content (AvgIpc) is 2.53. The molecule has 1 amide bonds. The quantitative estimate of drug-likeness (QED) is 0.782. The Balaban J connectivity index is 1.62. The first-order valence-electron chi connectivity index (χ1n) is 7.92. The molecule has 0 saturated carbocycles. The molecule has 1 atom stereocenters. The Kier molecular flexibility index (Phi) is 7.22. The van der Waals surface area contributed by atoms with Gasteiger partial charge in [0, 0.05) is 30.6 Å². The van der Waals surface area contributed by atoms with Gasteiger partial charge in [0.1, 0.15) is 0 Å². The fourth-order valence-corrected chi connectivity index (χ4v) is 3.08. The lowest BCUT2D eigenvalue weighted by atomic mass is 10.2. The van der Waals surface area contributed by atoms with E-state index in [4.69, 9.17) is 4.74 Å². The van der Waals surface area contributed by atoms with Crippen molar-refractivity contribution in [2.75, 3.05) is 38.6 Å². The van der Waals surface area contributed by atoms with E-state index in [0.29, 0.717) is 5.75 Å². The molecule has 0 bridgehead atoms. The van der Waals surface area contributed by atoms with Crippen LogP contribution in [0.2, 0.25) is 0 Å². The standard InChI is InChI=1S/C17H26N2O2S/c1-14-3-5-16(6-4-14)22-13-17(20)18-15(2)7-8-19-9-11-21-12-10-19/h3-6,15H,7-13H2,1-2H3,(H,18,20). The van der Waals surface area contributed by atoms with E-state index in [1.807, 2.05) is 0 Å². The number of amides is 1. The van der Waals surface area contributed by atoms with E-state index in [1.54, 1.807) is 11.8 Å². The summed E-state index contributed by atoms with van der Waals surface area (Å²) < 4.78 is 5.34. The van der Waals surface area contributed by atoms with Gasteiger partial charge in [-0.1, -0.05) is 17.7 Å². The first-order chi connectivity index (χ1) is 10.6. The molecule has 0 spiro atoms. The van der Waals surface area contributed by atoms with Crippen LogP contribution in [0.3, 0.4) is 0 Å². The molecule has 1 fully saturated rings. The van der Waals surface area contributed by atoms with E-state index in [1.165, 1.54) is 5.56 Å². The maximum Gasteiger partial charge on any atom is 0.230 e. The van der Waals surface area contributed by atoms with Crippen LogP contribution in [-0.4, -0.2) is 55.4 Å².